The Labute approximate surface area is 159 Å². The minimum Gasteiger partial charge on any atom is -0.469 e. The lowest BCUT2D eigenvalue weighted by Crippen LogP contribution is -2.15. The predicted molar refractivity (Wildman–Crippen MR) is 105 cm³/mol. The maximum absolute atomic E-state index is 12.3. The molecule has 1 saturated carbocycles. The average Bonchev–Trinajstić information content (AvgIpc) is 2.99. The van der Waals surface area contributed by atoms with Crippen LogP contribution in [0.25, 0.3) is 0 Å². The Morgan fingerprint density at radius 2 is 1.96 bits per heavy atom. The SMILES string of the molecule is CCCCC(C)C(=O)CC=C1CC[C@@H](O)[C@@H]1CCCCCCC(=O)OC. The molecule has 1 aliphatic carbocycles. The van der Waals surface area contributed by atoms with Gasteiger partial charge in [-0.15, -0.1) is 0 Å². The van der Waals surface area contributed by atoms with E-state index in [-0.39, 0.29) is 23.9 Å². The van der Waals surface area contributed by atoms with Crippen molar-refractivity contribution in [1.29, 1.82) is 0 Å². The number of ether oxygens (including phenoxy) is 1. The number of rotatable bonds is 13. The number of aliphatic hydroxyl groups excluding tert-OH is 1. The lowest BCUT2D eigenvalue weighted by molar-refractivity contribution is -0.140. The van der Waals surface area contributed by atoms with E-state index in [0.717, 1.165) is 64.2 Å². The van der Waals surface area contributed by atoms with E-state index in [9.17, 15) is 14.7 Å². The van der Waals surface area contributed by atoms with E-state index < -0.39 is 0 Å². The molecule has 1 fully saturated rings. The van der Waals surface area contributed by atoms with Gasteiger partial charge in [0, 0.05) is 24.7 Å². The molecule has 1 N–H and O–H groups in total. The second kappa shape index (κ2) is 13.1. The van der Waals surface area contributed by atoms with Gasteiger partial charge in [0.15, 0.2) is 0 Å². The molecule has 26 heavy (non-hydrogen) atoms. The lowest BCUT2D eigenvalue weighted by Gasteiger charge is -2.16. The first-order valence-electron chi connectivity index (χ1n) is 10.5. The van der Waals surface area contributed by atoms with Gasteiger partial charge in [0.05, 0.1) is 13.2 Å². The first-order chi connectivity index (χ1) is 12.5. The highest BCUT2D eigenvalue weighted by Crippen LogP contribution is 2.35. The van der Waals surface area contributed by atoms with Crippen LogP contribution in [0.15, 0.2) is 11.6 Å². The number of unbranched alkanes of at least 4 members (excludes halogenated alkanes) is 4. The summed E-state index contributed by atoms with van der Waals surface area (Å²) >= 11 is 0. The molecule has 4 heteroatoms. The standard InChI is InChI=1S/C22H38O4/c1-4-5-10-17(2)20(23)15-13-18-14-16-21(24)19(18)11-8-6-7-9-12-22(25)26-3/h13,17,19,21,24H,4-12,14-16H2,1-3H3/t17?,19-,21-/m1/s1. The molecule has 4 nitrogen and oxygen atoms in total. The molecule has 0 bridgehead atoms. The summed E-state index contributed by atoms with van der Waals surface area (Å²) < 4.78 is 4.64. The number of carbonyl (C=O) groups excluding carboxylic acids is 2. The normalized spacial score (nSPS) is 22.5. The minimum atomic E-state index is -0.260. The second-order valence-electron chi connectivity index (χ2n) is 7.73. The highest BCUT2D eigenvalue weighted by molar-refractivity contribution is 5.82. The van der Waals surface area contributed by atoms with Crippen molar-refractivity contribution in [1.82, 2.24) is 0 Å². The molecule has 3 atom stereocenters. The van der Waals surface area contributed by atoms with Crippen LogP contribution in [0.1, 0.15) is 90.9 Å². The van der Waals surface area contributed by atoms with Gasteiger partial charge in [0.1, 0.15) is 5.78 Å². The van der Waals surface area contributed by atoms with Gasteiger partial charge < -0.3 is 9.84 Å². The number of esters is 1. The molecule has 1 unspecified atom stereocenters. The molecular formula is C22H38O4. The zero-order valence-electron chi connectivity index (χ0n) is 17.0. The summed E-state index contributed by atoms with van der Waals surface area (Å²) in [5.41, 5.74) is 1.28. The molecule has 0 aromatic heterocycles. The maximum Gasteiger partial charge on any atom is 0.305 e. The molecule has 0 saturated heterocycles. The van der Waals surface area contributed by atoms with Gasteiger partial charge >= 0.3 is 5.97 Å². The van der Waals surface area contributed by atoms with Crippen LogP contribution in [0, 0.1) is 11.8 Å². The lowest BCUT2D eigenvalue weighted by atomic mass is 9.91. The fourth-order valence-electron chi connectivity index (χ4n) is 3.77. The molecular weight excluding hydrogens is 328 g/mol. The van der Waals surface area contributed by atoms with Gasteiger partial charge in [-0.3, -0.25) is 9.59 Å². The fourth-order valence-corrected chi connectivity index (χ4v) is 3.77. The van der Waals surface area contributed by atoms with Crippen LogP contribution in [-0.2, 0) is 14.3 Å². The smallest absolute Gasteiger partial charge is 0.305 e. The van der Waals surface area contributed by atoms with Crippen LogP contribution in [-0.4, -0.2) is 30.1 Å². The summed E-state index contributed by atoms with van der Waals surface area (Å²) in [5, 5.41) is 10.3. The van der Waals surface area contributed by atoms with Crippen LogP contribution < -0.4 is 0 Å². The molecule has 0 radical (unpaired) electrons. The Hall–Kier alpha value is -1.16. The van der Waals surface area contributed by atoms with Crippen LogP contribution in [0.4, 0.5) is 0 Å². The molecule has 0 aromatic carbocycles. The van der Waals surface area contributed by atoms with E-state index in [1.54, 1.807) is 0 Å². The Bertz CT molecular complexity index is 455. The topological polar surface area (TPSA) is 63.6 Å². The van der Waals surface area contributed by atoms with Crippen molar-refractivity contribution in [2.75, 3.05) is 7.11 Å². The van der Waals surface area contributed by atoms with Crippen molar-refractivity contribution >= 4 is 11.8 Å². The fraction of sp³-hybridized carbons (Fsp3) is 0.818. The monoisotopic (exact) mass is 366 g/mol. The van der Waals surface area contributed by atoms with Crippen molar-refractivity contribution in [2.24, 2.45) is 11.8 Å². The van der Waals surface area contributed by atoms with Crippen LogP contribution >= 0.6 is 0 Å². The van der Waals surface area contributed by atoms with Crippen molar-refractivity contribution in [3.05, 3.63) is 11.6 Å². The summed E-state index contributed by atoms with van der Waals surface area (Å²) in [5.74, 6) is 0.550. The average molecular weight is 367 g/mol. The Morgan fingerprint density at radius 3 is 2.65 bits per heavy atom. The third kappa shape index (κ3) is 8.48. The van der Waals surface area contributed by atoms with E-state index in [1.165, 1.54) is 12.7 Å². The largest absolute Gasteiger partial charge is 0.469 e. The molecule has 1 rings (SSSR count). The van der Waals surface area contributed by atoms with Crippen LogP contribution in [0.3, 0.4) is 0 Å². The number of ketones is 1. The highest BCUT2D eigenvalue weighted by atomic mass is 16.5. The Kier molecular flexibility index (Phi) is 11.5. The number of hydrogen-bond acceptors (Lipinski definition) is 4. The molecule has 150 valence electrons. The van der Waals surface area contributed by atoms with Crippen molar-refractivity contribution in [3.8, 4) is 0 Å². The molecule has 0 aromatic rings. The van der Waals surface area contributed by atoms with Gasteiger partial charge in [0.25, 0.3) is 0 Å². The second-order valence-corrected chi connectivity index (χ2v) is 7.73. The maximum atomic E-state index is 12.3. The summed E-state index contributed by atoms with van der Waals surface area (Å²) in [6, 6.07) is 0. The van der Waals surface area contributed by atoms with Crippen molar-refractivity contribution < 1.29 is 19.4 Å². The van der Waals surface area contributed by atoms with Gasteiger partial charge in [-0.1, -0.05) is 57.6 Å². The zero-order valence-corrected chi connectivity index (χ0v) is 17.0. The summed E-state index contributed by atoms with van der Waals surface area (Å²) in [7, 11) is 1.42. The van der Waals surface area contributed by atoms with E-state index in [0.29, 0.717) is 18.6 Å². The van der Waals surface area contributed by atoms with Crippen LogP contribution in [0.2, 0.25) is 0 Å². The molecule has 0 aliphatic heterocycles. The first kappa shape index (κ1) is 22.9. The van der Waals surface area contributed by atoms with E-state index in [2.05, 4.69) is 17.7 Å². The molecule has 0 amide bonds. The van der Waals surface area contributed by atoms with Crippen molar-refractivity contribution in [2.45, 2.75) is 97.0 Å². The van der Waals surface area contributed by atoms with Gasteiger partial charge in [-0.2, -0.15) is 0 Å². The summed E-state index contributed by atoms with van der Waals surface area (Å²) in [4.78, 5) is 23.3. The zero-order chi connectivity index (χ0) is 19.4. The number of methoxy groups -OCH3 is 1. The van der Waals surface area contributed by atoms with Gasteiger partial charge in [-0.25, -0.2) is 0 Å². The number of aliphatic hydroxyl groups is 1. The number of hydrogen-bond donors (Lipinski definition) is 1. The first-order valence-corrected chi connectivity index (χ1v) is 10.5. The Balaban J connectivity index is 2.34. The third-order valence-corrected chi connectivity index (χ3v) is 5.65. The third-order valence-electron chi connectivity index (χ3n) is 5.65. The van der Waals surface area contributed by atoms with Gasteiger partial charge in [0.2, 0.25) is 0 Å². The van der Waals surface area contributed by atoms with E-state index in [1.807, 2.05) is 6.92 Å². The summed E-state index contributed by atoms with van der Waals surface area (Å²) in [6.45, 7) is 4.19. The highest BCUT2D eigenvalue weighted by Gasteiger charge is 2.29. The molecule has 0 spiro atoms. The minimum absolute atomic E-state index is 0.140. The Morgan fingerprint density at radius 1 is 1.23 bits per heavy atom. The van der Waals surface area contributed by atoms with E-state index in [4.69, 9.17) is 0 Å². The van der Waals surface area contributed by atoms with Crippen molar-refractivity contribution in [3.63, 3.8) is 0 Å². The van der Waals surface area contributed by atoms with Gasteiger partial charge in [-0.05, 0) is 32.1 Å². The number of carbonyl (C=O) groups is 2. The number of allylic oxidation sites excluding steroid dienone is 1. The quantitative estimate of drug-likeness (QED) is 0.283. The number of Topliss-reactive ketones (excluding diaryl/α,β-unsaturated/α-hetero) is 1. The molecule has 1 aliphatic rings. The summed E-state index contributed by atoms with van der Waals surface area (Å²) in [6.07, 6.45) is 12.8. The van der Waals surface area contributed by atoms with Crippen LogP contribution in [0.5, 0.6) is 0 Å². The molecule has 0 heterocycles. The predicted octanol–water partition coefficient (Wildman–Crippen LogP) is 4.98. The van der Waals surface area contributed by atoms with E-state index >= 15 is 0 Å².